The first-order chi connectivity index (χ1) is 12.6. The Balaban J connectivity index is 2.19. The monoisotopic (exact) mass is 371 g/mol. The largest absolute Gasteiger partial charge is 0.507 e. The van der Waals surface area contributed by atoms with Crippen molar-refractivity contribution in [3.63, 3.8) is 0 Å². The molecular weight excluding hydrogens is 354 g/mol. The fraction of sp³-hybridized carbons (Fsp3) is 0.200. The van der Waals surface area contributed by atoms with Crippen molar-refractivity contribution in [1.82, 2.24) is 4.90 Å². The molecule has 6 heteroatoms. The molecule has 1 fully saturated rings. The van der Waals surface area contributed by atoms with E-state index < -0.39 is 17.7 Å². The minimum atomic E-state index is -0.765. The summed E-state index contributed by atoms with van der Waals surface area (Å²) in [6, 6.07) is 14.9. The molecule has 1 atom stereocenters. The number of halogens is 1. The third kappa shape index (κ3) is 3.23. The molecule has 1 amide bonds. The van der Waals surface area contributed by atoms with Crippen molar-refractivity contribution in [3.8, 4) is 0 Å². The number of benzene rings is 2. The Morgan fingerprint density at radius 3 is 2.42 bits per heavy atom. The Labute approximate surface area is 156 Å². The number of ketones is 1. The van der Waals surface area contributed by atoms with Crippen LogP contribution < -0.4 is 0 Å². The highest BCUT2D eigenvalue weighted by atomic mass is 35.5. The lowest BCUT2D eigenvalue weighted by Gasteiger charge is -2.25. The van der Waals surface area contributed by atoms with Crippen molar-refractivity contribution >= 4 is 29.1 Å². The molecule has 0 aromatic heterocycles. The molecule has 1 aliphatic rings. The van der Waals surface area contributed by atoms with Crippen molar-refractivity contribution in [2.45, 2.75) is 6.04 Å². The van der Waals surface area contributed by atoms with Crippen LogP contribution in [0.15, 0.2) is 60.2 Å². The van der Waals surface area contributed by atoms with Gasteiger partial charge in [0, 0.05) is 24.2 Å². The van der Waals surface area contributed by atoms with Crippen molar-refractivity contribution in [1.29, 1.82) is 0 Å². The summed E-state index contributed by atoms with van der Waals surface area (Å²) in [5.41, 5.74) is 1.08. The molecular formula is C20H18ClNO4. The fourth-order valence-electron chi connectivity index (χ4n) is 3.07. The number of carbonyl (C=O) groups excluding carboxylic acids is 2. The zero-order valence-corrected chi connectivity index (χ0v) is 14.9. The Kier molecular flexibility index (Phi) is 5.40. The van der Waals surface area contributed by atoms with E-state index in [1.165, 1.54) is 12.0 Å². The van der Waals surface area contributed by atoms with Gasteiger partial charge in [-0.3, -0.25) is 9.59 Å². The molecule has 0 aliphatic carbocycles. The number of hydrogen-bond donors (Lipinski definition) is 1. The standard InChI is InChI=1S/C20H18ClNO4/c1-26-12-11-22-17(14-9-5-6-10-15(14)21)16(19(24)20(22)25)18(23)13-7-3-2-4-8-13/h2-10,17,23H,11-12H2,1H3. The zero-order chi connectivity index (χ0) is 18.7. The van der Waals surface area contributed by atoms with Crippen LogP contribution in [0.25, 0.3) is 5.76 Å². The molecule has 1 unspecified atom stereocenters. The van der Waals surface area contributed by atoms with E-state index in [1.807, 2.05) is 0 Å². The second-order valence-electron chi connectivity index (χ2n) is 5.87. The fourth-order valence-corrected chi connectivity index (χ4v) is 3.31. The second kappa shape index (κ2) is 7.72. The average molecular weight is 372 g/mol. The summed E-state index contributed by atoms with van der Waals surface area (Å²) in [5.74, 6) is -1.62. The molecule has 0 spiro atoms. The highest BCUT2D eigenvalue weighted by Gasteiger charge is 2.46. The number of Topliss-reactive ketones (excluding diaryl/α,β-unsaturated/α-hetero) is 1. The number of aliphatic hydroxyl groups is 1. The van der Waals surface area contributed by atoms with Gasteiger partial charge in [0.25, 0.3) is 11.7 Å². The highest BCUT2D eigenvalue weighted by molar-refractivity contribution is 6.47. The number of methoxy groups -OCH3 is 1. The van der Waals surface area contributed by atoms with Crippen LogP contribution in [0, 0.1) is 0 Å². The van der Waals surface area contributed by atoms with Crippen LogP contribution >= 0.6 is 11.6 Å². The van der Waals surface area contributed by atoms with E-state index in [2.05, 4.69) is 0 Å². The lowest BCUT2D eigenvalue weighted by Crippen LogP contribution is -2.32. The van der Waals surface area contributed by atoms with Gasteiger partial charge in [0.15, 0.2) is 0 Å². The number of carbonyl (C=O) groups is 2. The van der Waals surface area contributed by atoms with Gasteiger partial charge in [0.2, 0.25) is 0 Å². The first-order valence-corrected chi connectivity index (χ1v) is 8.51. The van der Waals surface area contributed by atoms with E-state index in [9.17, 15) is 14.7 Å². The predicted octanol–water partition coefficient (Wildman–Crippen LogP) is 3.41. The summed E-state index contributed by atoms with van der Waals surface area (Å²) < 4.78 is 5.07. The molecule has 0 bridgehead atoms. The van der Waals surface area contributed by atoms with Crippen LogP contribution in [-0.4, -0.2) is 42.0 Å². The molecule has 5 nitrogen and oxygen atoms in total. The maximum atomic E-state index is 12.7. The van der Waals surface area contributed by atoms with Crippen LogP contribution in [-0.2, 0) is 14.3 Å². The smallest absolute Gasteiger partial charge is 0.295 e. The van der Waals surface area contributed by atoms with Crippen molar-refractivity contribution < 1.29 is 19.4 Å². The molecule has 3 rings (SSSR count). The number of hydrogen-bond acceptors (Lipinski definition) is 4. The van der Waals surface area contributed by atoms with Crippen LogP contribution in [0.5, 0.6) is 0 Å². The molecule has 1 N–H and O–H groups in total. The Morgan fingerprint density at radius 2 is 1.77 bits per heavy atom. The first-order valence-electron chi connectivity index (χ1n) is 8.13. The number of likely N-dealkylation sites (tertiary alicyclic amines) is 1. The maximum absolute atomic E-state index is 12.7. The molecule has 1 heterocycles. The Bertz CT molecular complexity index is 863. The average Bonchev–Trinajstić information content (AvgIpc) is 2.91. The number of aliphatic hydroxyl groups excluding tert-OH is 1. The van der Waals surface area contributed by atoms with Gasteiger partial charge in [-0.2, -0.15) is 0 Å². The lowest BCUT2D eigenvalue weighted by atomic mass is 9.95. The third-order valence-corrected chi connectivity index (χ3v) is 4.67. The summed E-state index contributed by atoms with van der Waals surface area (Å²) in [6.45, 7) is 0.474. The minimum Gasteiger partial charge on any atom is -0.507 e. The summed E-state index contributed by atoms with van der Waals surface area (Å²) >= 11 is 6.33. The first kappa shape index (κ1) is 18.2. The van der Waals surface area contributed by atoms with Gasteiger partial charge in [-0.1, -0.05) is 60.1 Å². The molecule has 26 heavy (non-hydrogen) atoms. The summed E-state index contributed by atoms with van der Waals surface area (Å²) in [5, 5.41) is 11.2. The Morgan fingerprint density at radius 1 is 1.12 bits per heavy atom. The normalized spacial score (nSPS) is 19.2. The van der Waals surface area contributed by atoms with Crippen molar-refractivity contribution in [2.75, 3.05) is 20.3 Å². The topological polar surface area (TPSA) is 66.8 Å². The van der Waals surface area contributed by atoms with Gasteiger partial charge in [0.05, 0.1) is 18.2 Å². The lowest BCUT2D eigenvalue weighted by molar-refractivity contribution is -0.140. The van der Waals surface area contributed by atoms with Gasteiger partial charge < -0.3 is 14.7 Å². The van der Waals surface area contributed by atoms with E-state index in [0.29, 0.717) is 16.1 Å². The summed E-state index contributed by atoms with van der Waals surface area (Å²) in [4.78, 5) is 26.7. The van der Waals surface area contributed by atoms with Crippen molar-refractivity contribution in [3.05, 3.63) is 76.3 Å². The quantitative estimate of drug-likeness (QED) is 0.497. The number of rotatable bonds is 5. The molecule has 2 aromatic rings. The number of ether oxygens (including phenoxy) is 1. The van der Waals surface area contributed by atoms with Gasteiger partial charge in [-0.15, -0.1) is 0 Å². The van der Waals surface area contributed by atoms with E-state index in [1.54, 1.807) is 54.6 Å². The third-order valence-electron chi connectivity index (χ3n) is 4.32. The number of nitrogens with zero attached hydrogens (tertiary/aromatic N) is 1. The molecule has 1 saturated heterocycles. The summed E-state index contributed by atoms with van der Waals surface area (Å²) in [6.07, 6.45) is 0. The molecule has 134 valence electrons. The van der Waals surface area contributed by atoms with Crippen LogP contribution in [0.2, 0.25) is 5.02 Å². The molecule has 2 aromatic carbocycles. The zero-order valence-electron chi connectivity index (χ0n) is 14.2. The maximum Gasteiger partial charge on any atom is 0.295 e. The highest BCUT2D eigenvalue weighted by Crippen LogP contribution is 2.41. The van der Waals surface area contributed by atoms with Crippen molar-refractivity contribution in [2.24, 2.45) is 0 Å². The minimum absolute atomic E-state index is 0.0328. The summed E-state index contributed by atoms with van der Waals surface area (Å²) in [7, 11) is 1.52. The van der Waals surface area contributed by atoms with Crippen LogP contribution in [0.3, 0.4) is 0 Å². The van der Waals surface area contributed by atoms with E-state index in [-0.39, 0.29) is 24.5 Å². The van der Waals surface area contributed by atoms with E-state index >= 15 is 0 Å². The Hall–Kier alpha value is -2.63. The number of amides is 1. The van der Waals surface area contributed by atoms with Crippen LogP contribution in [0.4, 0.5) is 0 Å². The van der Waals surface area contributed by atoms with Gasteiger partial charge in [-0.25, -0.2) is 0 Å². The second-order valence-corrected chi connectivity index (χ2v) is 6.28. The van der Waals surface area contributed by atoms with Gasteiger partial charge in [-0.05, 0) is 11.6 Å². The predicted molar refractivity (Wildman–Crippen MR) is 98.8 cm³/mol. The van der Waals surface area contributed by atoms with Crippen LogP contribution in [0.1, 0.15) is 17.2 Å². The van der Waals surface area contributed by atoms with E-state index in [0.717, 1.165) is 0 Å². The van der Waals surface area contributed by atoms with E-state index in [4.69, 9.17) is 16.3 Å². The molecule has 0 saturated carbocycles. The SMILES string of the molecule is COCCN1C(=O)C(=O)C(=C(O)c2ccccc2)C1c1ccccc1Cl. The van der Waals surface area contributed by atoms with Gasteiger partial charge in [0.1, 0.15) is 5.76 Å². The molecule has 0 radical (unpaired) electrons. The molecule has 1 aliphatic heterocycles. The van der Waals surface area contributed by atoms with Gasteiger partial charge >= 0.3 is 0 Å².